The molecule has 2 aromatic heterocycles. The Bertz CT molecular complexity index is 748. The fourth-order valence-corrected chi connectivity index (χ4v) is 2.21. The molecule has 0 fully saturated rings. The summed E-state index contributed by atoms with van der Waals surface area (Å²) >= 11 is 0. The van der Waals surface area contributed by atoms with Gasteiger partial charge in [0.25, 0.3) is 0 Å². The number of aryl methyl sites for hydroxylation is 1. The fraction of sp³-hybridized carbons (Fsp3) is 0.143. The summed E-state index contributed by atoms with van der Waals surface area (Å²) in [5.41, 5.74) is 8.89. The zero-order valence-corrected chi connectivity index (χ0v) is 10.4. The molecule has 5 heteroatoms. The minimum atomic E-state index is -0.298. The summed E-state index contributed by atoms with van der Waals surface area (Å²) in [6.45, 7) is 2.34. The Morgan fingerprint density at radius 3 is 2.89 bits per heavy atom. The molecule has 3 rings (SSSR count). The van der Waals surface area contributed by atoms with E-state index < -0.39 is 0 Å². The lowest BCUT2D eigenvalue weighted by molar-refractivity contribution is 0.628. The Hall–Kier alpha value is -2.27. The molecular formula is C14H13FN4. The fourth-order valence-electron chi connectivity index (χ4n) is 2.21. The van der Waals surface area contributed by atoms with Gasteiger partial charge in [-0.25, -0.2) is 14.4 Å². The number of halogens is 1. The summed E-state index contributed by atoms with van der Waals surface area (Å²) in [6.07, 6.45) is 1.84. The third-order valence-electron chi connectivity index (χ3n) is 3.10. The van der Waals surface area contributed by atoms with E-state index in [9.17, 15) is 4.39 Å². The van der Waals surface area contributed by atoms with Gasteiger partial charge in [-0.15, -0.1) is 0 Å². The van der Waals surface area contributed by atoms with Crippen LogP contribution in [-0.4, -0.2) is 15.0 Å². The van der Waals surface area contributed by atoms with Crippen LogP contribution in [-0.2, 0) is 6.54 Å². The van der Waals surface area contributed by atoms with Crippen molar-refractivity contribution in [3.8, 4) is 11.4 Å². The van der Waals surface area contributed by atoms with Crippen LogP contribution in [0.3, 0.4) is 0 Å². The van der Waals surface area contributed by atoms with E-state index in [-0.39, 0.29) is 5.82 Å². The van der Waals surface area contributed by atoms with Gasteiger partial charge in [0.2, 0.25) is 0 Å². The lowest BCUT2D eigenvalue weighted by Gasteiger charge is -2.04. The first kappa shape index (κ1) is 11.8. The Kier molecular flexibility index (Phi) is 2.76. The number of nitrogens with zero attached hydrogens (tertiary/aromatic N) is 2. The number of hydrogen-bond donors (Lipinski definition) is 2. The second-order valence-electron chi connectivity index (χ2n) is 4.38. The number of nitrogens with one attached hydrogen (secondary N) is 1. The molecule has 2 heterocycles. The zero-order chi connectivity index (χ0) is 13.4. The van der Waals surface area contributed by atoms with E-state index in [4.69, 9.17) is 5.73 Å². The molecule has 0 amide bonds. The smallest absolute Gasteiger partial charge is 0.161 e. The number of hydrogen-bond acceptors (Lipinski definition) is 3. The molecule has 96 valence electrons. The molecule has 3 aromatic rings. The first-order valence-corrected chi connectivity index (χ1v) is 5.99. The molecule has 0 saturated carbocycles. The van der Waals surface area contributed by atoms with Crippen molar-refractivity contribution in [1.82, 2.24) is 15.0 Å². The summed E-state index contributed by atoms with van der Waals surface area (Å²) in [7, 11) is 0. The Labute approximate surface area is 109 Å². The maximum absolute atomic E-state index is 13.2. The lowest BCUT2D eigenvalue weighted by Crippen LogP contribution is -1.98. The van der Waals surface area contributed by atoms with Crippen molar-refractivity contribution in [3.05, 3.63) is 47.5 Å². The van der Waals surface area contributed by atoms with Crippen LogP contribution in [0.5, 0.6) is 0 Å². The Morgan fingerprint density at radius 1 is 1.32 bits per heavy atom. The highest BCUT2D eigenvalue weighted by Gasteiger charge is 2.11. The van der Waals surface area contributed by atoms with E-state index in [1.165, 1.54) is 12.1 Å². The van der Waals surface area contributed by atoms with E-state index in [1.807, 2.05) is 13.1 Å². The maximum atomic E-state index is 13.2. The number of aromatic nitrogens is 3. The SMILES string of the molecule is Cc1nc(-c2cccc(F)c2)nc2[nH]cc(CN)c12. The average Bonchev–Trinajstić information content (AvgIpc) is 2.82. The molecule has 3 N–H and O–H groups in total. The summed E-state index contributed by atoms with van der Waals surface area (Å²) in [4.78, 5) is 11.9. The molecular weight excluding hydrogens is 243 g/mol. The van der Waals surface area contributed by atoms with Gasteiger partial charge < -0.3 is 10.7 Å². The van der Waals surface area contributed by atoms with Crippen LogP contribution < -0.4 is 5.73 Å². The van der Waals surface area contributed by atoms with Crippen LogP contribution in [0.2, 0.25) is 0 Å². The number of aromatic amines is 1. The molecule has 0 atom stereocenters. The van der Waals surface area contributed by atoms with Gasteiger partial charge in [-0.2, -0.15) is 0 Å². The number of benzene rings is 1. The number of rotatable bonds is 2. The summed E-state index contributed by atoms with van der Waals surface area (Å²) in [5.74, 6) is 0.211. The lowest BCUT2D eigenvalue weighted by atomic mass is 10.1. The third-order valence-corrected chi connectivity index (χ3v) is 3.10. The van der Waals surface area contributed by atoms with Crippen molar-refractivity contribution in [2.24, 2.45) is 5.73 Å². The van der Waals surface area contributed by atoms with E-state index in [0.717, 1.165) is 22.3 Å². The topological polar surface area (TPSA) is 67.6 Å². The first-order valence-electron chi connectivity index (χ1n) is 5.99. The van der Waals surface area contributed by atoms with Crippen LogP contribution >= 0.6 is 0 Å². The molecule has 0 spiro atoms. The van der Waals surface area contributed by atoms with Gasteiger partial charge in [-0.3, -0.25) is 0 Å². The monoisotopic (exact) mass is 256 g/mol. The molecule has 0 aliphatic carbocycles. The van der Waals surface area contributed by atoms with Gasteiger partial charge in [0, 0.05) is 23.7 Å². The van der Waals surface area contributed by atoms with Crippen molar-refractivity contribution >= 4 is 11.0 Å². The number of H-pyrrole nitrogens is 1. The van der Waals surface area contributed by atoms with E-state index >= 15 is 0 Å². The van der Waals surface area contributed by atoms with Crippen molar-refractivity contribution < 1.29 is 4.39 Å². The van der Waals surface area contributed by atoms with Crippen molar-refractivity contribution in [3.63, 3.8) is 0 Å². The van der Waals surface area contributed by atoms with Crippen LogP contribution in [0.25, 0.3) is 22.4 Å². The van der Waals surface area contributed by atoms with Gasteiger partial charge >= 0.3 is 0 Å². The molecule has 0 unspecified atom stereocenters. The Balaban J connectivity index is 2.21. The zero-order valence-electron chi connectivity index (χ0n) is 10.4. The van der Waals surface area contributed by atoms with Crippen molar-refractivity contribution in [2.75, 3.05) is 0 Å². The van der Waals surface area contributed by atoms with E-state index in [2.05, 4.69) is 15.0 Å². The standard InChI is InChI=1S/C14H13FN4/c1-8-12-10(6-16)7-17-14(12)19-13(18-8)9-3-2-4-11(15)5-9/h2-5,7H,6,16H2,1H3,(H,17,18,19). The van der Waals surface area contributed by atoms with Crippen LogP contribution in [0.15, 0.2) is 30.5 Å². The molecule has 0 bridgehead atoms. The summed E-state index contributed by atoms with van der Waals surface area (Å²) in [6, 6.07) is 6.26. The van der Waals surface area contributed by atoms with E-state index in [0.29, 0.717) is 17.9 Å². The maximum Gasteiger partial charge on any atom is 0.161 e. The van der Waals surface area contributed by atoms with Crippen molar-refractivity contribution in [1.29, 1.82) is 0 Å². The molecule has 0 saturated heterocycles. The molecule has 0 aliphatic heterocycles. The van der Waals surface area contributed by atoms with Gasteiger partial charge in [-0.1, -0.05) is 12.1 Å². The van der Waals surface area contributed by atoms with Crippen LogP contribution in [0.4, 0.5) is 4.39 Å². The van der Waals surface area contributed by atoms with Gasteiger partial charge in [0.05, 0.1) is 5.69 Å². The third kappa shape index (κ3) is 1.98. The van der Waals surface area contributed by atoms with Gasteiger partial charge in [0.15, 0.2) is 5.82 Å². The molecule has 19 heavy (non-hydrogen) atoms. The van der Waals surface area contributed by atoms with E-state index in [1.54, 1.807) is 12.1 Å². The summed E-state index contributed by atoms with van der Waals surface area (Å²) in [5, 5.41) is 0.947. The van der Waals surface area contributed by atoms with Crippen molar-refractivity contribution in [2.45, 2.75) is 13.5 Å². The minimum Gasteiger partial charge on any atom is -0.346 e. The highest BCUT2D eigenvalue weighted by molar-refractivity contribution is 5.83. The average molecular weight is 256 g/mol. The quantitative estimate of drug-likeness (QED) is 0.740. The summed E-state index contributed by atoms with van der Waals surface area (Å²) < 4.78 is 13.2. The van der Waals surface area contributed by atoms with Gasteiger partial charge in [0.1, 0.15) is 11.5 Å². The number of fused-ring (bicyclic) bond motifs is 1. The molecule has 4 nitrogen and oxygen atoms in total. The molecule has 0 aliphatic rings. The largest absolute Gasteiger partial charge is 0.346 e. The second kappa shape index (κ2) is 4.44. The Morgan fingerprint density at radius 2 is 2.16 bits per heavy atom. The number of nitrogens with two attached hydrogens (primary N) is 1. The molecule has 1 aromatic carbocycles. The highest BCUT2D eigenvalue weighted by atomic mass is 19.1. The highest BCUT2D eigenvalue weighted by Crippen LogP contribution is 2.23. The van der Waals surface area contributed by atoms with Crippen LogP contribution in [0.1, 0.15) is 11.3 Å². The normalized spacial score (nSPS) is 11.1. The predicted octanol–water partition coefficient (Wildman–Crippen LogP) is 2.53. The predicted molar refractivity (Wildman–Crippen MR) is 71.9 cm³/mol. The first-order chi connectivity index (χ1) is 9.19. The molecule has 0 radical (unpaired) electrons. The van der Waals surface area contributed by atoms with Crippen LogP contribution in [0, 0.1) is 12.7 Å². The van der Waals surface area contributed by atoms with Gasteiger partial charge in [-0.05, 0) is 24.6 Å². The second-order valence-corrected chi connectivity index (χ2v) is 4.38. The minimum absolute atomic E-state index is 0.298.